The van der Waals surface area contributed by atoms with Gasteiger partial charge in [0.25, 0.3) is 11.6 Å². The molecule has 0 bridgehead atoms. The van der Waals surface area contributed by atoms with Crippen LogP contribution in [-0.4, -0.2) is 38.3 Å². The van der Waals surface area contributed by atoms with Crippen molar-refractivity contribution in [3.8, 4) is 0 Å². The summed E-state index contributed by atoms with van der Waals surface area (Å²) in [5, 5.41) is 14.3. The summed E-state index contributed by atoms with van der Waals surface area (Å²) in [4.78, 5) is 23.4. The Balaban J connectivity index is 1.79. The minimum Gasteiger partial charge on any atom is -0.267 e. The molecule has 120 valence electrons. The average molecular weight is 349 g/mol. The molecule has 6 nitrogen and oxygen atoms in total. The lowest BCUT2D eigenvalue weighted by molar-refractivity contribution is -0.384. The molecule has 1 aromatic rings. The third kappa shape index (κ3) is 3.44. The predicted molar refractivity (Wildman–Crippen MR) is 93.5 cm³/mol. The molecule has 8 heteroatoms. The van der Waals surface area contributed by atoms with E-state index in [1.807, 2.05) is 5.01 Å². The normalized spacial score (nSPS) is 21.2. The number of nitro groups is 1. The summed E-state index contributed by atoms with van der Waals surface area (Å²) >= 11 is 6.62. The number of carbonyl (C=O) groups is 1. The van der Waals surface area contributed by atoms with Crippen molar-refractivity contribution >= 4 is 46.0 Å². The van der Waals surface area contributed by atoms with E-state index in [9.17, 15) is 14.9 Å². The summed E-state index contributed by atoms with van der Waals surface area (Å²) in [7, 11) is 0. The van der Waals surface area contributed by atoms with E-state index < -0.39 is 4.92 Å². The van der Waals surface area contributed by atoms with Gasteiger partial charge in [0, 0.05) is 25.2 Å². The molecule has 3 rings (SSSR count). The zero-order chi connectivity index (χ0) is 16.4. The van der Waals surface area contributed by atoms with Crippen LogP contribution in [0.15, 0.2) is 29.2 Å². The molecule has 2 saturated heterocycles. The summed E-state index contributed by atoms with van der Waals surface area (Å²) in [5.74, 6) is -0.111. The number of piperidine rings is 1. The molecule has 0 unspecified atom stereocenters. The molecule has 2 aliphatic heterocycles. The largest absolute Gasteiger partial charge is 0.280 e. The van der Waals surface area contributed by atoms with E-state index in [1.54, 1.807) is 23.2 Å². The number of nitrogens with zero attached hydrogens (tertiary/aromatic N) is 3. The molecular weight excluding hydrogens is 334 g/mol. The second-order valence-electron chi connectivity index (χ2n) is 5.36. The average Bonchev–Trinajstić information content (AvgIpc) is 2.82. The van der Waals surface area contributed by atoms with E-state index in [1.165, 1.54) is 30.3 Å². The van der Waals surface area contributed by atoms with Crippen molar-refractivity contribution in [2.75, 3.05) is 13.1 Å². The molecule has 0 atom stereocenters. The number of benzene rings is 1. The van der Waals surface area contributed by atoms with Crippen LogP contribution < -0.4 is 0 Å². The van der Waals surface area contributed by atoms with Gasteiger partial charge in [-0.1, -0.05) is 30.4 Å². The Hall–Kier alpha value is -1.77. The van der Waals surface area contributed by atoms with Gasteiger partial charge in [-0.05, 0) is 36.6 Å². The van der Waals surface area contributed by atoms with Crippen molar-refractivity contribution in [3.63, 3.8) is 0 Å². The van der Waals surface area contributed by atoms with Crippen molar-refractivity contribution in [2.24, 2.45) is 0 Å². The molecule has 1 aromatic carbocycles. The van der Waals surface area contributed by atoms with Crippen molar-refractivity contribution in [1.82, 2.24) is 10.0 Å². The molecule has 0 radical (unpaired) electrons. The minimum atomic E-state index is -0.445. The fraction of sp³-hybridized carbons (Fsp3) is 0.333. The van der Waals surface area contributed by atoms with Gasteiger partial charge in [0.15, 0.2) is 4.32 Å². The summed E-state index contributed by atoms with van der Waals surface area (Å²) in [6.45, 7) is 1.69. The van der Waals surface area contributed by atoms with Crippen LogP contribution in [-0.2, 0) is 4.79 Å². The van der Waals surface area contributed by atoms with E-state index in [4.69, 9.17) is 12.2 Å². The van der Waals surface area contributed by atoms with Crippen LogP contribution in [0.25, 0.3) is 6.08 Å². The lowest BCUT2D eigenvalue weighted by atomic mass is 10.1. The fourth-order valence-electron chi connectivity index (χ4n) is 2.62. The zero-order valence-corrected chi connectivity index (χ0v) is 13.9. The molecule has 1 amide bonds. The van der Waals surface area contributed by atoms with Crippen LogP contribution in [0.4, 0.5) is 5.69 Å². The molecular formula is C15H15N3O3S2. The third-order valence-corrected chi connectivity index (χ3v) is 5.07. The van der Waals surface area contributed by atoms with Gasteiger partial charge in [-0.3, -0.25) is 14.9 Å². The third-order valence-electron chi connectivity index (χ3n) is 3.79. The number of nitro benzene ring substituents is 1. The second kappa shape index (κ2) is 6.77. The lowest BCUT2D eigenvalue weighted by Gasteiger charge is -2.33. The smallest absolute Gasteiger partial charge is 0.267 e. The highest BCUT2D eigenvalue weighted by Gasteiger charge is 2.36. The maximum absolute atomic E-state index is 12.6. The Bertz CT molecular complexity index is 682. The number of rotatable bonds is 3. The van der Waals surface area contributed by atoms with Crippen LogP contribution in [0.3, 0.4) is 0 Å². The maximum Gasteiger partial charge on any atom is 0.280 e. The Labute approximate surface area is 143 Å². The second-order valence-corrected chi connectivity index (χ2v) is 7.03. The topological polar surface area (TPSA) is 66.7 Å². The van der Waals surface area contributed by atoms with Gasteiger partial charge in [0.1, 0.15) is 0 Å². The van der Waals surface area contributed by atoms with Gasteiger partial charge in [0.05, 0.1) is 9.83 Å². The number of carbonyl (C=O) groups excluding carboxylic acids is 1. The highest BCUT2D eigenvalue weighted by atomic mass is 32.2. The zero-order valence-electron chi connectivity index (χ0n) is 12.3. The van der Waals surface area contributed by atoms with E-state index in [-0.39, 0.29) is 11.6 Å². The molecule has 0 N–H and O–H groups in total. The van der Waals surface area contributed by atoms with Gasteiger partial charge in [-0.2, -0.15) is 0 Å². The summed E-state index contributed by atoms with van der Waals surface area (Å²) in [6, 6.07) is 6.12. The van der Waals surface area contributed by atoms with Crippen LogP contribution in [0, 0.1) is 10.1 Å². The lowest BCUT2D eigenvalue weighted by Crippen LogP contribution is -2.47. The number of thiocarbonyl (C=S) groups is 1. The standard InChI is InChI=1S/C15H15N3O3S2/c19-14-13(10-11-4-6-12(7-5-11)18(20)21)23-15(22)17(14)16-8-2-1-3-9-16/h4-7,10H,1-3,8-9H2. The van der Waals surface area contributed by atoms with Gasteiger partial charge >= 0.3 is 0 Å². The molecule has 2 aliphatic rings. The summed E-state index contributed by atoms with van der Waals surface area (Å²) in [6.07, 6.45) is 5.05. The van der Waals surface area contributed by atoms with E-state index in [2.05, 4.69) is 0 Å². The first-order valence-electron chi connectivity index (χ1n) is 7.33. The van der Waals surface area contributed by atoms with E-state index in [0.717, 1.165) is 31.5 Å². The molecule has 2 fully saturated rings. The molecule has 2 heterocycles. The first kappa shape index (κ1) is 16.1. The SMILES string of the molecule is O=C1C(=Cc2ccc([N+](=O)[O-])cc2)SC(=S)N1N1CCCCC1. The molecule has 0 spiro atoms. The number of thioether (sulfide) groups is 1. The quantitative estimate of drug-likeness (QED) is 0.361. The van der Waals surface area contributed by atoms with Crippen molar-refractivity contribution < 1.29 is 9.72 Å². The Kier molecular flexibility index (Phi) is 4.74. The number of hydrogen-bond donors (Lipinski definition) is 0. The van der Waals surface area contributed by atoms with E-state index in [0.29, 0.717) is 9.23 Å². The summed E-state index contributed by atoms with van der Waals surface area (Å²) < 4.78 is 0.546. The van der Waals surface area contributed by atoms with Crippen LogP contribution in [0.1, 0.15) is 24.8 Å². The number of hydrogen-bond acceptors (Lipinski definition) is 6. The number of non-ortho nitro benzene ring substituents is 1. The van der Waals surface area contributed by atoms with Crippen molar-refractivity contribution in [2.45, 2.75) is 19.3 Å². The number of hydrazine groups is 1. The highest BCUT2D eigenvalue weighted by Crippen LogP contribution is 2.34. The summed E-state index contributed by atoms with van der Waals surface area (Å²) in [5.41, 5.74) is 0.776. The van der Waals surface area contributed by atoms with Crippen LogP contribution in [0.2, 0.25) is 0 Å². The monoisotopic (exact) mass is 349 g/mol. The van der Waals surface area contributed by atoms with E-state index >= 15 is 0 Å². The Morgan fingerprint density at radius 1 is 1.17 bits per heavy atom. The van der Waals surface area contributed by atoms with Crippen LogP contribution >= 0.6 is 24.0 Å². The first-order valence-corrected chi connectivity index (χ1v) is 8.56. The Morgan fingerprint density at radius 3 is 2.43 bits per heavy atom. The minimum absolute atomic E-state index is 0.0306. The van der Waals surface area contributed by atoms with Gasteiger partial charge in [-0.15, -0.1) is 0 Å². The predicted octanol–water partition coefficient (Wildman–Crippen LogP) is 3.20. The maximum atomic E-state index is 12.6. The van der Waals surface area contributed by atoms with Crippen LogP contribution in [0.5, 0.6) is 0 Å². The Morgan fingerprint density at radius 2 is 1.83 bits per heavy atom. The molecule has 0 aromatic heterocycles. The molecule has 0 aliphatic carbocycles. The van der Waals surface area contributed by atoms with Gasteiger partial charge in [-0.25, -0.2) is 10.0 Å². The first-order chi connectivity index (χ1) is 11.1. The molecule has 0 saturated carbocycles. The fourth-order valence-corrected chi connectivity index (χ4v) is 3.93. The highest BCUT2D eigenvalue weighted by molar-refractivity contribution is 8.26. The van der Waals surface area contributed by atoms with Gasteiger partial charge in [0.2, 0.25) is 0 Å². The molecule has 23 heavy (non-hydrogen) atoms. The van der Waals surface area contributed by atoms with Gasteiger partial charge < -0.3 is 0 Å². The van der Waals surface area contributed by atoms with Crippen molar-refractivity contribution in [3.05, 3.63) is 44.8 Å². The number of amides is 1. The van der Waals surface area contributed by atoms with Crippen molar-refractivity contribution in [1.29, 1.82) is 0 Å².